The van der Waals surface area contributed by atoms with E-state index in [2.05, 4.69) is 15.0 Å². The molecule has 2 N–H and O–H groups in total. The molecule has 6 nitrogen and oxygen atoms in total. The number of carbonyl (C=O) groups excluding carboxylic acids is 1. The Morgan fingerprint density at radius 1 is 0.650 bits per heavy atom. The van der Waals surface area contributed by atoms with Crippen LogP contribution in [0.5, 0.6) is 0 Å². The van der Waals surface area contributed by atoms with E-state index in [-0.39, 0.29) is 10.8 Å². The third-order valence-electron chi connectivity index (χ3n) is 6.71. The number of rotatable bonds is 9. The summed E-state index contributed by atoms with van der Waals surface area (Å²) in [7, 11) is -3.92. The highest BCUT2D eigenvalue weighted by Gasteiger charge is 2.31. The fourth-order valence-corrected chi connectivity index (χ4v) is 5.78. The van der Waals surface area contributed by atoms with E-state index < -0.39 is 22.1 Å². The summed E-state index contributed by atoms with van der Waals surface area (Å²) in [5.74, 6) is -0.314. The Balaban J connectivity index is 1.50. The minimum Gasteiger partial charge on any atom is -0.343 e. The second-order valence-electron chi connectivity index (χ2n) is 9.50. The number of nitrogens with one attached hydrogen (secondary N) is 2. The molecule has 5 rings (SSSR count). The molecule has 0 bridgehead atoms. The van der Waals surface area contributed by atoms with Crippen LogP contribution in [0, 0.1) is 6.92 Å². The molecule has 0 aliphatic heterocycles. The molecule has 0 spiro atoms. The lowest BCUT2D eigenvalue weighted by molar-refractivity contribution is 0.0928. The van der Waals surface area contributed by atoms with Crippen molar-refractivity contribution in [1.29, 1.82) is 0 Å². The molecule has 0 aliphatic rings. The summed E-state index contributed by atoms with van der Waals surface area (Å²) in [5, 5.41) is 3.11. The molecule has 4 aromatic carbocycles. The van der Waals surface area contributed by atoms with E-state index in [0.29, 0.717) is 5.56 Å². The van der Waals surface area contributed by atoms with Crippen LogP contribution in [0.4, 0.5) is 0 Å². The van der Waals surface area contributed by atoms with E-state index in [9.17, 15) is 13.2 Å². The number of benzene rings is 4. The molecule has 40 heavy (non-hydrogen) atoms. The Kier molecular flexibility index (Phi) is 8.15. The summed E-state index contributed by atoms with van der Waals surface area (Å²) in [6, 6.07) is 35.0. The highest BCUT2D eigenvalue weighted by Crippen LogP contribution is 2.31. The number of aryl methyl sites for hydroxylation is 1. The highest BCUT2D eigenvalue weighted by molar-refractivity contribution is 7.89. The molecule has 1 aromatic heterocycles. The number of nitrogens with zero attached hydrogens (tertiary/aromatic N) is 1. The van der Waals surface area contributed by atoms with Crippen LogP contribution in [0.3, 0.4) is 0 Å². The fourth-order valence-electron chi connectivity index (χ4n) is 4.54. The van der Waals surface area contributed by atoms with E-state index in [1.54, 1.807) is 48.8 Å². The van der Waals surface area contributed by atoms with Crippen LogP contribution in [0.25, 0.3) is 11.1 Å². The Morgan fingerprint density at radius 3 is 1.75 bits per heavy atom. The molecule has 0 saturated heterocycles. The number of sulfonamides is 1. The van der Waals surface area contributed by atoms with Gasteiger partial charge in [0, 0.05) is 18.0 Å². The zero-order valence-corrected chi connectivity index (χ0v) is 22.8. The first kappa shape index (κ1) is 27.0. The second kappa shape index (κ2) is 12.1. The number of hydrogen-bond donors (Lipinski definition) is 2. The molecule has 0 saturated carbocycles. The van der Waals surface area contributed by atoms with Gasteiger partial charge in [-0.25, -0.2) is 13.1 Å². The zero-order valence-electron chi connectivity index (χ0n) is 21.9. The van der Waals surface area contributed by atoms with Gasteiger partial charge >= 0.3 is 0 Å². The van der Waals surface area contributed by atoms with E-state index in [1.165, 1.54) is 0 Å². The van der Waals surface area contributed by atoms with Crippen molar-refractivity contribution in [2.24, 2.45) is 0 Å². The molecule has 0 radical (unpaired) electrons. The summed E-state index contributed by atoms with van der Waals surface area (Å²) in [6.45, 7) is 1.90. The maximum atomic E-state index is 13.6. The largest absolute Gasteiger partial charge is 0.343 e. The number of hydrogen-bond acceptors (Lipinski definition) is 4. The summed E-state index contributed by atoms with van der Waals surface area (Å²) < 4.78 is 30.0. The minimum absolute atomic E-state index is 0.156. The van der Waals surface area contributed by atoms with Gasteiger partial charge in [-0.3, -0.25) is 9.78 Å². The van der Waals surface area contributed by atoms with Crippen LogP contribution in [0.1, 0.15) is 39.1 Å². The lowest BCUT2D eigenvalue weighted by Crippen LogP contribution is -2.40. The normalized spacial score (nSPS) is 12.8. The van der Waals surface area contributed by atoms with Crippen LogP contribution < -0.4 is 10.0 Å². The lowest BCUT2D eigenvalue weighted by atomic mass is 9.93. The van der Waals surface area contributed by atoms with Crippen molar-refractivity contribution in [3.8, 4) is 11.1 Å². The van der Waals surface area contributed by atoms with Crippen LogP contribution >= 0.6 is 0 Å². The van der Waals surface area contributed by atoms with Crippen molar-refractivity contribution in [2.75, 3.05) is 0 Å². The number of carbonyl (C=O) groups is 1. The van der Waals surface area contributed by atoms with Crippen LogP contribution in [0.2, 0.25) is 0 Å². The van der Waals surface area contributed by atoms with Crippen molar-refractivity contribution in [1.82, 2.24) is 15.0 Å². The van der Waals surface area contributed by atoms with Gasteiger partial charge in [0.25, 0.3) is 5.91 Å². The molecule has 0 fully saturated rings. The van der Waals surface area contributed by atoms with Crippen molar-refractivity contribution in [3.63, 3.8) is 0 Å². The molecule has 5 aromatic rings. The lowest BCUT2D eigenvalue weighted by Gasteiger charge is -2.30. The molecular weight excluding hydrogens is 518 g/mol. The van der Waals surface area contributed by atoms with Crippen molar-refractivity contribution in [2.45, 2.75) is 23.9 Å². The number of aromatic nitrogens is 1. The van der Waals surface area contributed by atoms with Crippen LogP contribution in [-0.4, -0.2) is 19.3 Å². The third kappa shape index (κ3) is 6.34. The van der Waals surface area contributed by atoms with Crippen molar-refractivity contribution < 1.29 is 13.2 Å². The van der Waals surface area contributed by atoms with Gasteiger partial charge in [-0.1, -0.05) is 90.5 Å². The predicted molar refractivity (Wildman–Crippen MR) is 157 cm³/mol. The van der Waals surface area contributed by atoms with Gasteiger partial charge in [-0.15, -0.1) is 0 Å². The maximum absolute atomic E-state index is 13.6. The predicted octanol–water partition coefficient (Wildman–Crippen LogP) is 6.25. The Labute approximate surface area is 234 Å². The van der Waals surface area contributed by atoms with Gasteiger partial charge < -0.3 is 5.32 Å². The Morgan fingerprint density at radius 2 is 1.18 bits per heavy atom. The summed E-state index contributed by atoms with van der Waals surface area (Å²) in [6.07, 6.45) is 3.45. The number of amides is 1. The molecule has 1 amide bonds. The molecule has 2 unspecified atom stereocenters. The number of pyridine rings is 1. The van der Waals surface area contributed by atoms with Crippen molar-refractivity contribution in [3.05, 3.63) is 156 Å². The standard InChI is InChI=1S/C33H29N3O3S/c1-24-12-18-30(19-13-24)40(38,39)36-32(28-10-6-3-7-11-28)31(27-8-4-2-5-9-27)35-33(37)29-16-14-25(15-17-29)26-20-22-34-23-21-26/h2-23,31-32,36H,1H3,(H,35,37). The average molecular weight is 548 g/mol. The fraction of sp³-hybridized carbons (Fsp3) is 0.0909. The summed E-state index contributed by atoms with van der Waals surface area (Å²) >= 11 is 0. The van der Waals surface area contributed by atoms with Crippen LogP contribution in [-0.2, 0) is 10.0 Å². The second-order valence-corrected chi connectivity index (χ2v) is 11.2. The van der Waals surface area contributed by atoms with Gasteiger partial charge in [0.2, 0.25) is 10.0 Å². The quantitative estimate of drug-likeness (QED) is 0.228. The van der Waals surface area contributed by atoms with Crippen LogP contribution in [0.15, 0.2) is 139 Å². The monoisotopic (exact) mass is 547 g/mol. The van der Waals surface area contributed by atoms with Gasteiger partial charge in [-0.05, 0) is 65.6 Å². The van der Waals surface area contributed by atoms with Gasteiger partial charge in [0.15, 0.2) is 0 Å². The van der Waals surface area contributed by atoms with E-state index in [1.807, 2.05) is 91.9 Å². The molecule has 200 valence electrons. The average Bonchev–Trinajstić information content (AvgIpc) is 3.00. The first-order valence-corrected chi connectivity index (χ1v) is 14.4. The zero-order chi connectivity index (χ0) is 28.0. The smallest absolute Gasteiger partial charge is 0.251 e. The molecule has 1 heterocycles. The minimum atomic E-state index is -3.92. The molecule has 2 atom stereocenters. The Hall–Kier alpha value is -4.59. The summed E-state index contributed by atoms with van der Waals surface area (Å²) in [5.41, 5.74) is 4.88. The van der Waals surface area contributed by atoms with Gasteiger partial charge in [-0.2, -0.15) is 0 Å². The van der Waals surface area contributed by atoms with Crippen molar-refractivity contribution >= 4 is 15.9 Å². The first-order valence-electron chi connectivity index (χ1n) is 12.9. The van der Waals surface area contributed by atoms with E-state index >= 15 is 0 Å². The summed E-state index contributed by atoms with van der Waals surface area (Å²) in [4.78, 5) is 17.8. The maximum Gasteiger partial charge on any atom is 0.251 e. The van der Waals surface area contributed by atoms with Gasteiger partial charge in [0.05, 0.1) is 17.0 Å². The topological polar surface area (TPSA) is 88.2 Å². The van der Waals surface area contributed by atoms with Gasteiger partial charge in [0.1, 0.15) is 0 Å². The highest BCUT2D eigenvalue weighted by atomic mass is 32.2. The SMILES string of the molecule is Cc1ccc(S(=O)(=O)NC(c2ccccc2)C(NC(=O)c2ccc(-c3ccncc3)cc2)c2ccccc2)cc1. The molecule has 7 heteroatoms. The third-order valence-corrected chi connectivity index (χ3v) is 8.17. The van der Waals surface area contributed by atoms with E-state index in [4.69, 9.17) is 0 Å². The van der Waals surface area contributed by atoms with E-state index in [0.717, 1.165) is 27.8 Å². The molecule has 0 aliphatic carbocycles. The Bertz CT molecular complexity index is 1660. The molecular formula is C33H29N3O3S. The first-order chi connectivity index (χ1) is 19.4.